The second-order valence-electron chi connectivity index (χ2n) is 5.33. The second kappa shape index (κ2) is 5.09. The van der Waals surface area contributed by atoms with Crippen LogP contribution in [0.25, 0.3) is 0 Å². The first-order chi connectivity index (χ1) is 9.15. The average Bonchev–Trinajstić information content (AvgIpc) is 2.77. The number of nitrogens with zero attached hydrogens (tertiary/aromatic N) is 4. The van der Waals surface area contributed by atoms with E-state index in [-0.39, 0.29) is 17.0 Å². The van der Waals surface area contributed by atoms with E-state index in [0.29, 0.717) is 12.0 Å². The van der Waals surface area contributed by atoms with Crippen molar-refractivity contribution in [2.75, 3.05) is 19.6 Å². The number of likely N-dealkylation sites (tertiary alicyclic amines) is 1. The summed E-state index contributed by atoms with van der Waals surface area (Å²) < 4.78 is 1.42. The lowest BCUT2D eigenvalue weighted by atomic mass is 9.85. The molecule has 2 saturated heterocycles. The Hall–Kier alpha value is -1.14. The van der Waals surface area contributed by atoms with Crippen molar-refractivity contribution in [1.82, 2.24) is 25.0 Å². The summed E-state index contributed by atoms with van der Waals surface area (Å²) in [5.41, 5.74) is 0. The molecule has 6 nitrogen and oxygen atoms in total. The van der Waals surface area contributed by atoms with Gasteiger partial charge in [0.25, 0.3) is 5.91 Å². The molecule has 1 amide bonds. The van der Waals surface area contributed by atoms with Crippen LogP contribution < -0.4 is 5.32 Å². The number of nitrogens with one attached hydrogen (secondary N) is 1. The predicted octanol–water partition coefficient (Wildman–Crippen LogP) is 0.683. The lowest BCUT2D eigenvalue weighted by Crippen LogP contribution is -2.53. The summed E-state index contributed by atoms with van der Waals surface area (Å²) in [5.74, 6) is 0.659. The van der Waals surface area contributed by atoms with Gasteiger partial charge in [-0.25, -0.2) is 4.68 Å². The highest BCUT2D eigenvalue weighted by Gasteiger charge is 2.34. The number of carbonyl (C=O) groups excluding carboxylic acids is 1. The predicted molar refractivity (Wildman–Crippen MR) is 71.0 cm³/mol. The molecule has 1 N–H and O–H groups in total. The van der Waals surface area contributed by atoms with Crippen LogP contribution in [-0.4, -0.2) is 51.2 Å². The van der Waals surface area contributed by atoms with Crippen molar-refractivity contribution in [2.24, 2.45) is 13.0 Å². The van der Waals surface area contributed by atoms with Crippen LogP contribution in [0.1, 0.15) is 29.9 Å². The molecule has 0 radical (unpaired) electrons. The molecule has 3 heterocycles. The molecule has 0 bridgehead atoms. The van der Waals surface area contributed by atoms with Gasteiger partial charge < -0.3 is 10.2 Å². The van der Waals surface area contributed by atoms with Crippen molar-refractivity contribution in [3.8, 4) is 0 Å². The van der Waals surface area contributed by atoms with Crippen molar-refractivity contribution < 1.29 is 4.79 Å². The molecule has 0 spiro atoms. The van der Waals surface area contributed by atoms with Gasteiger partial charge in [-0.05, 0) is 43.3 Å². The molecule has 7 heteroatoms. The number of fused-ring (bicyclic) bond motifs is 1. The fourth-order valence-corrected chi connectivity index (χ4v) is 3.14. The van der Waals surface area contributed by atoms with Gasteiger partial charge in [0.2, 0.25) is 11.1 Å². The number of aromatic nitrogens is 3. The van der Waals surface area contributed by atoms with Crippen LogP contribution in [0.5, 0.6) is 0 Å². The van der Waals surface area contributed by atoms with Crippen LogP contribution in [0.4, 0.5) is 0 Å². The summed E-state index contributed by atoms with van der Waals surface area (Å²) in [4.78, 5) is 18.2. The topological polar surface area (TPSA) is 63.1 Å². The van der Waals surface area contributed by atoms with Crippen LogP contribution in [0.15, 0.2) is 0 Å². The highest BCUT2D eigenvalue weighted by molar-refractivity contribution is 6.28. The maximum atomic E-state index is 12.3. The normalized spacial score (nSPS) is 27.2. The van der Waals surface area contributed by atoms with Crippen LogP contribution in [-0.2, 0) is 7.05 Å². The standard InChI is InChI=1S/C12H18ClN5O/c1-17-12(13)15-10(16-17)11(19)18-6-4-9-8(7-18)3-2-5-14-9/h8-9,14H,2-7H2,1H3/t8-,9+/m1/s1. The van der Waals surface area contributed by atoms with E-state index >= 15 is 0 Å². The van der Waals surface area contributed by atoms with E-state index in [1.807, 2.05) is 4.90 Å². The molecule has 2 aliphatic rings. The van der Waals surface area contributed by atoms with Gasteiger partial charge in [-0.15, -0.1) is 5.10 Å². The van der Waals surface area contributed by atoms with Gasteiger partial charge >= 0.3 is 0 Å². The highest BCUT2D eigenvalue weighted by atomic mass is 35.5. The molecule has 2 fully saturated rings. The second-order valence-corrected chi connectivity index (χ2v) is 5.67. The monoisotopic (exact) mass is 283 g/mol. The molecule has 1 aromatic rings. The average molecular weight is 284 g/mol. The fourth-order valence-electron chi connectivity index (χ4n) is 3.03. The van der Waals surface area contributed by atoms with Crippen molar-refractivity contribution in [2.45, 2.75) is 25.3 Å². The number of halogens is 1. The van der Waals surface area contributed by atoms with Gasteiger partial charge in [0.05, 0.1) is 0 Å². The summed E-state index contributed by atoms with van der Waals surface area (Å²) in [6.45, 7) is 2.67. The Morgan fingerprint density at radius 1 is 1.47 bits per heavy atom. The molecule has 1 aromatic heterocycles. The van der Waals surface area contributed by atoms with E-state index < -0.39 is 0 Å². The zero-order chi connectivity index (χ0) is 13.4. The van der Waals surface area contributed by atoms with E-state index in [0.717, 1.165) is 26.1 Å². The quantitative estimate of drug-likeness (QED) is 0.823. The molecular weight excluding hydrogens is 266 g/mol. The first kappa shape index (κ1) is 12.9. The smallest absolute Gasteiger partial charge is 0.293 e. The number of aryl methyl sites for hydroxylation is 1. The maximum absolute atomic E-state index is 12.3. The molecule has 2 atom stereocenters. The Balaban J connectivity index is 1.70. The van der Waals surface area contributed by atoms with Crippen molar-refractivity contribution >= 4 is 17.5 Å². The minimum absolute atomic E-state index is 0.105. The highest BCUT2D eigenvalue weighted by Crippen LogP contribution is 2.25. The Morgan fingerprint density at radius 3 is 3.05 bits per heavy atom. The fraction of sp³-hybridized carbons (Fsp3) is 0.750. The Morgan fingerprint density at radius 2 is 2.32 bits per heavy atom. The molecular formula is C12H18ClN5O. The number of hydrogen-bond donors (Lipinski definition) is 1. The Bertz CT molecular complexity index is 469. The van der Waals surface area contributed by atoms with Crippen LogP contribution in [0.3, 0.4) is 0 Å². The van der Waals surface area contributed by atoms with Gasteiger partial charge in [-0.3, -0.25) is 4.79 Å². The van der Waals surface area contributed by atoms with E-state index in [9.17, 15) is 4.79 Å². The summed E-state index contributed by atoms with van der Waals surface area (Å²) in [5, 5.41) is 7.84. The number of piperidine rings is 2. The third kappa shape index (κ3) is 2.47. The van der Waals surface area contributed by atoms with E-state index in [2.05, 4.69) is 15.4 Å². The third-order valence-electron chi connectivity index (χ3n) is 4.08. The van der Waals surface area contributed by atoms with Crippen LogP contribution in [0.2, 0.25) is 5.28 Å². The third-order valence-corrected chi connectivity index (χ3v) is 4.41. The Kier molecular flexibility index (Phi) is 3.45. The van der Waals surface area contributed by atoms with Gasteiger partial charge in [0, 0.05) is 26.2 Å². The van der Waals surface area contributed by atoms with E-state index in [4.69, 9.17) is 11.6 Å². The minimum atomic E-state index is -0.105. The van der Waals surface area contributed by atoms with Gasteiger partial charge in [-0.1, -0.05) is 0 Å². The minimum Gasteiger partial charge on any atom is -0.335 e. The van der Waals surface area contributed by atoms with E-state index in [1.165, 1.54) is 17.5 Å². The molecule has 104 valence electrons. The molecule has 0 aromatic carbocycles. The van der Waals surface area contributed by atoms with Crippen LogP contribution in [0, 0.1) is 5.92 Å². The largest absolute Gasteiger partial charge is 0.335 e. The summed E-state index contributed by atoms with van der Waals surface area (Å²) in [7, 11) is 1.68. The summed E-state index contributed by atoms with van der Waals surface area (Å²) in [6.07, 6.45) is 3.39. The van der Waals surface area contributed by atoms with Crippen molar-refractivity contribution in [3.63, 3.8) is 0 Å². The molecule has 2 aliphatic heterocycles. The lowest BCUT2D eigenvalue weighted by molar-refractivity contribution is 0.0581. The lowest BCUT2D eigenvalue weighted by Gasteiger charge is -2.41. The number of carbonyl (C=O) groups is 1. The number of hydrogen-bond acceptors (Lipinski definition) is 4. The molecule has 19 heavy (non-hydrogen) atoms. The molecule has 0 saturated carbocycles. The van der Waals surface area contributed by atoms with Crippen LogP contribution >= 0.6 is 11.6 Å². The maximum Gasteiger partial charge on any atom is 0.293 e. The SMILES string of the molecule is Cn1nc(C(=O)N2CC[C@@H]3NCCC[C@@H]3C2)nc1Cl. The summed E-state index contributed by atoms with van der Waals surface area (Å²) >= 11 is 5.83. The van der Waals surface area contributed by atoms with Gasteiger partial charge in [0.1, 0.15) is 0 Å². The zero-order valence-electron chi connectivity index (χ0n) is 11.0. The number of amides is 1. The molecule has 3 rings (SSSR count). The zero-order valence-corrected chi connectivity index (χ0v) is 11.7. The molecule has 0 unspecified atom stereocenters. The van der Waals surface area contributed by atoms with Gasteiger partial charge in [-0.2, -0.15) is 4.98 Å². The van der Waals surface area contributed by atoms with Gasteiger partial charge in [0.15, 0.2) is 0 Å². The Labute approximate surface area is 117 Å². The first-order valence-electron chi connectivity index (χ1n) is 6.74. The first-order valence-corrected chi connectivity index (χ1v) is 7.12. The van der Waals surface area contributed by atoms with Crippen molar-refractivity contribution in [3.05, 3.63) is 11.1 Å². The number of rotatable bonds is 1. The van der Waals surface area contributed by atoms with Crippen molar-refractivity contribution in [1.29, 1.82) is 0 Å². The summed E-state index contributed by atoms with van der Waals surface area (Å²) in [6, 6.07) is 0.568. The van der Waals surface area contributed by atoms with E-state index in [1.54, 1.807) is 7.05 Å². The molecule has 0 aliphatic carbocycles.